The Labute approximate surface area is 106 Å². The molecule has 0 aliphatic heterocycles. The first-order valence-electron chi connectivity index (χ1n) is 5.06. The predicted molar refractivity (Wildman–Crippen MR) is 62.6 cm³/mol. The van der Waals surface area contributed by atoms with Crippen molar-refractivity contribution >= 4 is 17.3 Å². The maximum atomic E-state index is 13.0. The number of esters is 1. The third kappa shape index (κ3) is 2.89. The molecule has 0 saturated carbocycles. The summed E-state index contributed by atoms with van der Waals surface area (Å²) >= 11 is 1.24. The van der Waals surface area contributed by atoms with Gasteiger partial charge < -0.3 is 4.74 Å². The van der Waals surface area contributed by atoms with Gasteiger partial charge in [0.2, 0.25) is 0 Å². The van der Waals surface area contributed by atoms with Crippen LogP contribution in [0.1, 0.15) is 21.1 Å². The Morgan fingerprint density at radius 1 is 1.33 bits per heavy atom. The molecule has 0 spiro atoms. The summed E-state index contributed by atoms with van der Waals surface area (Å²) in [4.78, 5) is 15.2. The largest absolute Gasteiger partial charge is 0.464 e. The molecule has 0 aliphatic rings. The summed E-state index contributed by atoms with van der Waals surface area (Å²) in [5, 5.41) is 2.15. The Morgan fingerprint density at radius 2 is 2.00 bits per heavy atom. The lowest BCUT2D eigenvalue weighted by atomic mass is 10.1. The first-order chi connectivity index (χ1) is 8.58. The number of rotatable bonds is 3. The predicted octanol–water partition coefficient (Wildman–Crippen LogP) is 2.80. The molecule has 0 N–H and O–H groups in total. The number of hydrogen-bond donors (Lipinski definition) is 0. The van der Waals surface area contributed by atoms with Gasteiger partial charge in [0.25, 0.3) is 0 Å². The van der Waals surface area contributed by atoms with E-state index >= 15 is 0 Å². The normalized spacial score (nSPS) is 10.4. The number of benzene rings is 1. The van der Waals surface area contributed by atoms with Crippen LogP contribution in [-0.2, 0) is 11.2 Å². The van der Waals surface area contributed by atoms with Gasteiger partial charge in [-0.2, -0.15) is 0 Å². The van der Waals surface area contributed by atoms with Crippen LogP contribution in [-0.4, -0.2) is 18.1 Å². The number of carbonyl (C=O) groups excluding carboxylic acids is 1. The van der Waals surface area contributed by atoms with Crippen LogP contribution >= 0.6 is 11.3 Å². The summed E-state index contributed by atoms with van der Waals surface area (Å²) in [6.07, 6.45) is 0.274. The second-order valence-electron chi connectivity index (χ2n) is 3.57. The van der Waals surface area contributed by atoms with Crippen molar-refractivity contribution < 1.29 is 18.3 Å². The van der Waals surface area contributed by atoms with Crippen molar-refractivity contribution in [2.24, 2.45) is 0 Å². The molecule has 3 nitrogen and oxygen atoms in total. The smallest absolute Gasteiger partial charge is 0.357 e. The van der Waals surface area contributed by atoms with Gasteiger partial charge >= 0.3 is 5.97 Å². The maximum Gasteiger partial charge on any atom is 0.357 e. The SMILES string of the molecule is COC(=O)c1csc(Cc2cc(F)cc(F)c2)n1. The Balaban J connectivity index is 2.18. The van der Waals surface area contributed by atoms with Crippen molar-refractivity contribution in [2.75, 3.05) is 7.11 Å². The first-order valence-corrected chi connectivity index (χ1v) is 5.94. The third-order valence-electron chi connectivity index (χ3n) is 2.22. The van der Waals surface area contributed by atoms with Gasteiger partial charge in [-0.25, -0.2) is 18.6 Å². The Morgan fingerprint density at radius 3 is 2.61 bits per heavy atom. The lowest BCUT2D eigenvalue weighted by Gasteiger charge is -1.99. The summed E-state index contributed by atoms with van der Waals surface area (Å²) < 4.78 is 30.5. The zero-order valence-corrected chi connectivity index (χ0v) is 10.3. The number of carbonyl (C=O) groups is 1. The highest BCUT2D eigenvalue weighted by Crippen LogP contribution is 2.17. The number of ether oxygens (including phenoxy) is 1. The molecule has 0 atom stereocenters. The molecule has 1 heterocycles. The third-order valence-corrected chi connectivity index (χ3v) is 3.07. The molecule has 0 fully saturated rings. The van der Waals surface area contributed by atoms with E-state index in [1.807, 2.05) is 0 Å². The van der Waals surface area contributed by atoms with E-state index in [4.69, 9.17) is 0 Å². The van der Waals surface area contributed by atoms with Crippen molar-refractivity contribution in [3.05, 3.63) is 51.5 Å². The molecule has 18 heavy (non-hydrogen) atoms. The Bertz CT molecular complexity index is 563. The van der Waals surface area contributed by atoms with Gasteiger partial charge in [-0.1, -0.05) is 0 Å². The molecule has 0 radical (unpaired) electrons. The molecule has 1 aromatic heterocycles. The summed E-state index contributed by atoms with van der Waals surface area (Å²) in [5.74, 6) is -1.78. The van der Waals surface area contributed by atoms with E-state index in [2.05, 4.69) is 9.72 Å². The van der Waals surface area contributed by atoms with Crippen molar-refractivity contribution in [3.63, 3.8) is 0 Å². The van der Waals surface area contributed by atoms with Gasteiger partial charge in [0, 0.05) is 17.9 Å². The van der Waals surface area contributed by atoms with Crippen molar-refractivity contribution in [1.82, 2.24) is 4.98 Å². The number of thiazole rings is 1. The van der Waals surface area contributed by atoms with Crippen LogP contribution in [0.3, 0.4) is 0 Å². The van der Waals surface area contributed by atoms with Crippen molar-refractivity contribution in [1.29, 1.82) is 0 Å². The number of aromatic nitrogens is 1. The summed E-state index contributed by atoms with van der Waals surface area (Å²) in [7, 11) is 1.27. The molecule has 94 valence electrons. The van der Waals surface area contributed by atoms with E-state index in [0.29, 0.717) is 10.6 Å². The number of methoxy groups -OCH3 is 1. The maximum absolute atomic E-state index is 13.0. The fraction of sp³-hybridized carbons (Fsp3) is 0.167. The van der Waals surface area contributed by atoms with E-state index in [1.165, 1.54) is 30.6 Å². The van der Waals surface area contributed by atoms with Crippen LogP contribution < -0.4 is 0 Å². The highest BCUT2D eigenvalue weighted by molar-refractivity contribution is 7.09. The lowest BCUT2D eigenvalue weighted by Crippen LogP contribution is -2.01. The van der Waals surface area contributed by atoms with Crippen molar-refractivity contribution in [3.8, 4) is 0 Å². The molecule has 2 rings (SSSR count). The van der Waals surface area contributed by atoms with Crippen LogP contribution in [0.4, 0.5) is 8.78 Å². The lowest BCUT2D eigenvalue weighted by molar-refractivity contribution is 0.0594. The number of halogens is 2. The van der Waals surface area contributed by atoms with Crippen LogP contribution in [0.25, 0.3) is 0 Å². The van der Waals surface area contributed by atoms with E-state index in [1.54, 1.807) is 5.38 Å². The van der Waals surface area contributed by atoms with Gasteiger partial charge in [-0.15, -0.1) is 11.3 Å². The molecule has 0 unspecified atom stereocenters. The molecule has 0 saturated heterocycles. The zero-order valence-electron chi connectivity index (χ0n) is 9.44. The number of hydrogen-bond acceptors (Lipinski definition) is 4. The summed E-state index contributed by atoms with van der Waals surface area (Å²) in [5.41, 5.74) is 0.674. The number of nitrogens with zero attached hydrogens (tertiary/aromatic N) is 1. The second-order valence-corrected chi connectivity index (χ2v) is 4.52. The van der Waals surface area contributed by atoms with E-state index in [0.717, 1.165) is 6.07 Å². The average Bonchev–Trinajstić information content (AvgIpc) is 2.75. The van der Waals surface area contributed by atoms with Gasteiger partial charge in [0.15, 0.2) is 5.69 Å². The fourth-order valence-electron chi connectivity index (χ4n) is 1.48. The standard InChI is InChI=1S/C12H9F2NO2S/c1-17-12(16)10-6-18-11(15-10)4-7-2-8(13)5-9(14)3-7/h2-3,5-6H,4H2,1H3. The topological polar surface area (TPSA) is 39.2 Å². The van der Waals surface area contributed by atoms with Crippen LogP contribution in [0.5, 0.6) is 0 Å². The van der Waals surface area contributed by atoms with Gasteiger partial charge in [-0.05, 0) is 17.7 Å². The van der Waals surface area contributed by atoms with Gasteiger partial charge in [0.05, 0.1) is 12.1 Å². The zero-order chi connectivity index (χ0) is 13.1. The van der Waals surface area contributed by atoms with Crippen LogP contribution in [0, 0.1) is 11.6 Å². The van der Waals surface area contributed by atoms with Crippen LogP contribution in [0.2, 0.25) is 0 Å². The molecular weight excluding hydrogens is 260 g/mol. The molecule has 0 aliphatic carbocycles. The minimum atomic E-state index is -0.630. The molecule has 1 aromatic carbocycles. The van der Waals surface area contributed by atoms with Crippen LogP contribution in [0.15, 0.2) is 23.6 Å². The Hall–Kier alpha value is -1.82. The van der Waals surface area contributed by atoms with E-state index < -0.39 is 17.6 Å². The molecule has 0 amide bonds. The van der Waals surface area contributed by atoms with Gasteiger partial charge in [0.1, 0.15) is 11.6 Å². The molecule has 6 heteroatoms. The fourth-order valence-corrected chi connectivity index (χ4v) is 2.28. The minimum Gasteiger partial charge on any atom is -0.464 e. The Kier molecular flexibility index (Phi) is 3.66. The van der Waals surface area contributed by atoms with E-state index in [9.17, 15) is 13.6 Å². The molecular formula is C12H9F2NO2S. The second kappa shape index (κ2) is 5.22. The monoisotopic (exact) mass is 269 g/mol. The minimum absolute atomic E-state index is 0.203. The quantitative estimate of drug-likeness (QED) is 0.804. The van der Waals surface area contributed by atoms with Crippen molar-refractivity contribution in [2.45, 2.75) is 6.42 Å². The summed E-state index contributed by atoms with van der Waals surface area (Å²) in [6, 6.07) is 3.29. The summed E-state index contributed by atoms with van der Waals surface area (Å²) in [6.45, 7) is 0. The molecule has 2 aromatic rings. The first kappa shape index (κ1) is 12.6. The van der Waals surface area contributed by atoms with Gasteiger partial charge in [-0.3, -0.25) is 0 Å². The van der Waals surface area contributed by atoms with E-state index in [-0.39, 0.29) is 12.1 Å². The highest BCUT2D eigenvalue weighted by Gasteiger charge is 2.11. The molecule has 0 bridgehead atoms. The highest BCUT2D eigenvalue weighted by atomic mass is 32.1. The average molecular weight is 269 g/mol.